The molecule has 0 fully saturated rings. The Kier molecular flexibility index (Phi) is 5.39. The van der Waals surface area contributed by atoms with E-state index in [-0.39, 0.29) is 11.9 Å². The van der Waals surface area contributed by atoms with E-state index in [2.05, 4.69) is 5.32 Å². The number of hydrogen-bond acceptors (Lipinski definition) is 3. The third-order valence-electron chi connectivity index (χ3n) is 3.26. The largest absolute Gasteiger partial charge is 0.352 e. The average molecular weight is 312 g/mol. The van der Waals surface area contributed by atoms with Crippen LogP contribution in [0.5, 0.6) is 0 Å². The van der Waals surface area contributed by atoms with Crippen LogP contribution >= 0.6 is 0 Å². The van der Waals surface area contributed by atoms with Gasteiger partial charge in [-0.3, -0.25) is 9.10 Å². The highest BCUT2D eigenvalue weighted by Crippen LogP contribution is 2.23. The van der Waals surface area contributed by atoms with Crippen molar-refractivity contribution < 1.29 is 13.2 Å². The molecular weight excluding hydrogens is 288 g/mol. The zero-order valence-electron chi connectivity index (χ0n) is 13.5. The highest BCUT2D eigenvalue weighted by molar-refractivity contribution is 7.92. The van der Waals surface area contributed by atoms with Crippen LogP contribution in [0.2, 0.25) is 0 Å². The number of amides is 1. The van der Waals surface area contributed by atoms with Gasteiger partial charge >= 0.3 is 0 Å². The molecule has 1 rings (SSSR count). The Morgan fingerprint density at radius 3 is 2.14 bits per heavy atom. The standard InChI is InChI=1S/C15H24N2O3S/c1-10(2)16-15(18)13(5)17(21(6,19)20)14-8-7-11(3)12(4)9-14/h7-10,13H,1-6H3,(H,16,18). The first kappa shape index (κ1) is 17.5. The van der Waals surface area contributed by atoms with Crippen molar-refractivity contribution in [1.29, 1.82) is 0 Å². The number of sulfonamides is 1. The van der Waals surface area contributed by atoms with Crippen LogP contribution < -0.4 is 9.62 Å². The molecule has 0 radical (unpaired) electrons. The number of hydrogen-bond donors (Lipinski definition) is 1. The van der Waals surface area contributed by atoms with Crippen molar-refractivity contribution in [1.82, 2.24) is 5.32 Å². The van der Waals surface area contributed by atoms with Crippen LogP contribution in [-0.4, -0.2) is 32.7 Å². The van der Waals surface area contributed by atoms with Crippen LogP contribution in [0.3, 0.4) is 0 Å². The molecular formula is C15H24N2O3S. The van der Waals surface area contributed by atoms with Crippen molar-refractivity contribution in [3.05, 3.63) is 29.3 Å². The number of carbonyl (C=O) groups is 1. The van der Waals surface area contributed by atoms with Crippen molar-refractivity contribution in [3.8, 4) is 0 Å². The van der Waals surface area contributed by atoms with Crippen LogP contribution in [0.15, 0.2) is 18.2 Å². The van der Waals surface area contributed by atoms with Gasteiger partial charge in [0.2, 0.25) is 15.9 Å². The Hall–Kier alpha value is -1.56. The van der Waals surface area contributed by atoms with Crippen molar-refractivity contribution in [2.75, 3.05) is 10.6 Å². The summed E-state index contributed by atoms with van der Waals surface area (Å²) in [7, 11) is -3.56. The van der Waals surface area contributed by atoms with E-state index in [0.717, 1.165) is 21.7 Å². The van der Waals surface area contributed by atoms with E-state index in [9.17, 15) is 13.2 Å². The quantitative estimate of drug-likeness (QED) is 0.904. The van der Waals surface area contributed by atoms with Gasteiger partial charge in [-0.1, -0.05) is 6.07 Å². The highest BCUT2D eigenvalue weighted by Gasteiger charge is 2.29. The minimum Gasteiger partial charge on any atom is -0.352 e. The first-order valence-corrected chi connectivity index (χ1v) is 8.76. The van der Waals surface area contributed by atoms with Crippen LogP contribution in [0, 0.1) is 13.8 Å². The summed E-state index contributed by atoms with van der Waals surface area (Å²) in [5, 5.41) is 2.75. The molecule has 0 aliphatic rings. The number of anilines is 1. The fourth-order valence-electron chi connectivity index (χ4n) is 2.08. The minimum absolute atomic E-state index is 0.0406. The molecule has 0 bridgehead atoms. The predicted octanol–water partition coefficient (Wildman–Crippen LogP) is 1.98. The van der Waals surface area contributed by atoms with Gasteiger partial charge in [0.1, 0.15) is 6.04 Å². The van der Waals surface area contributed by atoms with Crippen LogP contribution in [0.4, 0.5) is 5.69 Å². The Labute approximate surface area is 127 Å². The zero-order valence-corrected chi connectivity index (χ0v) is 14.3. The van der Waals surface area contributed by atoms with Crippen LogP contribution in [0.25, 0.3) is 0 Å². The fraction of sp³-hybridized carbons (Fsp3) is 0.533. The number of nitrogens with one attached hydrogen (secondary N) is 1. The molecule has 0 aromatic heterocycles. The molecule has 0 heterocycles. The van der Waals surface area contributed by atoms with Crippen molar-refractivity contribution in [2.24, 2.45) is 0 Å². The van der Waals surface area contributed by atoms with E-state index in [1.54, 1.807) is 19.1 Å². The topological polar surface area (TPSA) is 66.5 Å². The third-order valence-corrected chi connectivity index (χ3v) is 4.51. The van der Waals surface area contributed by atoms with Gasteiger partial charge in [-0.05, 0) is 57.9 Å². The van der Waals surface area contributed by atoms with Gasteiger partial charge in [0.05, 0.1) is 11.9 Å². The van der Waals surface area contributed by atoms with Gasteiger partial charge in [-0.25, -0.2) is 8.42 Å². The lowest BCUT2D eigenvalue weighted by atomic mass is 10.1. The molecule has 1 unspecified atom stereocenters. The van der Waals surface area contributed by atoms with E-state index in [1.165, 1.54) is 0 Å². The summed E-state index contributed by atoms with van der Waals surface area (Å²) in [6, 6.07) is 4.53. The van der Waals surface area contributed by atoms with Crippen molar-refractivity contribution in [2.45, 2.75) is 46.7 Å². The summed E-state index contributed by atoms with van der Waals surface area (Å²) in [5.41, 5.74) is 2.57. The maximum absolute atomic E-state index is 12.1. The minimum atomic E-state index is -3.56. The van der Waals surface area contributed by atoms with E-state index in [1.807, 2.05) is 33.8 Å². The Morgan fingerprint density at radius 2 is 1.71 bits per heavy atom. The molecule has 1 N–H and O–H groups in total. The number of carbonyl (C=O) groups excluding carboxylic acids is 1. The van der Waals surface area contributed by atoms with Crippen molar-refractivity contribution >= 4 is 21.6 Å². The molecule has 0 saturated carbocycles. The second-order valence-electron chi connectivity index (χ2n) is 5.67. The molecule has 1 aromatic rings. The molecule has 0 saturated heterocycles. The molecule has 1 atom stereocenters. The summed E-state index contributed by atoms with van der Waals surface area (Å²) < 4.78 is 25.4. The van der Waals surface area contributed by atoms with Crippen molar-refractivity contribution in [3.63, 3.8) is 0 Å². The Bertz CT molecular complexity index is 624. The molecule has 0 aliphatic heterocycles. The molecule has 1 aromatic carbocycles. The lowest BCUT2D eigenvalue weighted by Gasteiger charge is -2.29. The SMILES string of the molecule is Cc1ccc(N(C(C)C(=O)NC(C)C)S(C)(=O)=O)cc1C. The van der Waals surface area contributed by atoms with E-state index < -0.39 is 16.1 Å². The van der Waals surface area contributed by atoms with E-state index in [4.69, 9.17) is 0 Å². The van der Waals surface area contributed by atoms with Gasteiger partial charge in [0.25, 0.3) is 0 Å². The number of aryl methyl sites for hydroxylation is 2. The number of benzene rings is 1. The van der Waals surface area contributed by atoms with E-state index >= 15 is 0 Å². The van der Waals surface area contributed by atoms with E-state index in [0.29, 0.717) is 5.69 Å². The highest BCUT2D eigenvalue weighted by atomic mass is 32.2. The lowest BCUT2D eigenvalue weighted by Crippen LogP contribution is -2.49. The number of nitrogens with zero attached hydrogens (tertiary/aromatic N) is 1. The summed E-state index contributed by atoms with van der Waals surface area (Å²) >= 11 is 0. The molecule has 118 valence electrons. The van der Waals surface area contributed by atoms with Crippen LogP contribution in [-0.2, 0) is 14.8 Å². The van der Waals surface area contributed by atoms with Gasteiger partial charge < -0.3 is 5.32 Å². The molecule has 0 aliphatic carbocycles. The van der Waals surface area contributed by atoms with Gasteiger partial charge in [-0.15, -0.1) is 0 Å². The Balaban J connectivity index is 3.24. The van der Waals surface area contributed by atoms with Gasteiger partial charge in [0, 0.05) is 6.04 Å². The monoisotopic (exact) mass is 312 g/mol. The smallest absolute Gasteiger partial charge is 0.243 e. The zero-order chi connectivity index (χ0) is 16.4. The summed E-state index contributed by atoms with van der Waals surface area (Å²) in [6.45, 7) is 9.14. The third kappa shape index (κ3) is 4.46. The lowest BCUT2D eigenvalue weighted by molar-refractivity contribution is -0.122. The predicted molar refractivity (Wildman–Crippen MR) is 86.0 cm³/mol. The molecule has 5 nitrogen and oxygen atoms in total. The first-order valence-electron chi connectivity index (χ1n) is 6.91. The van der Waals surface area contributed by atoms with Gasteiger partial charge in [0.15, 0.2) is 0 Å². The molecule has 1 amide bonds. The second kappa shape index (κ2) is 6.47. The summed E-state index contributed by atoms with van der Waals surface area (Å²) in [5.74, 6) is -0.311. The number of rotatable bonds is 5. The summed E-state index contributed by atoms with van der Waals surface area (Å²) in [6.07, 6.45) is 1.11. The molecule has 0 spiro atoms. The molecule has 6 heteroatoms. The summed E-state index contributed by atoms with van der Waals surface area (Å²) in [4.78, 5) is 12.1. The normalized spacial score (nSPS) is 13.1. The second-order valence-corrected chi connectivity index (χ2v) is 7.53. The fourth-order valence-corrected chi connectivity index (χ4v) is 3.24. The van der Waals surface area contributed by atoms with Gasteiger partial charge in [-0.2, -0.15) is 0 Å². The molecule has 21 heavy (non-hydrogen) atoms. The first-order chi connectivity index (χ1) is 9.54. The Morgan fingerprint density at radius 1 is 1.14 bits per heavy atom. The maximum Gasteiger partial charge on any atom is 0.243 e. The maximum atomic E-state index is 12.1. The van der Waals surface area contributed by atoms with Crippen LogP contribution in [0.1, 0.15) is 31.9 Å². The average Bonchev–Trinajstić information content (AvgIpc) is 2.31.